The van der Waals surface area contributed by atoms with Crippen LogP contribution in [-0.2, 0) is 33.4 Å². The lowest BCUT2D eigenvalue weighted by Gasteiger charge is -2.41. The minimum Gasteiger partial charge on any atom is -0.448 e. The van der Waals surface area contributed by atoms with Crippen LogP contribution < -0.4 is 10.6 Å². The first kappa shape index (κ1) is 54.4. The molecule has 15 nitrogen and oxygen atoms in total. The van der Waals surface area contributed by atoms with Crippen molar-refractivity contribution in [2.24, 2.45) is 23.7 Å². The molecule has 0 aliphatic carbocycles. The van der Waals surface area contributed by atoms with Gasteiger partial charge in [0.05, 0.1) is 48.8 Å². The van der Waals surface area contributed by atoms with Gasteiger partial charge in [0.1, 0.15) is 23.7 Å². The van der Waals surface area contributed by atoms with E-state index in [2.05, 4.69) is 15.6 Å². The summed E-state index contributed by atoms with van der Waals surface area (Å²) in [6.07, 6.45) is 0.869. The highest BCUT2D eigenvalue weighted by atomic mass is 33.1. The summed E-state index contributed by atoms with van der Waals surface area (Å²) < 4.78 is 17.5. The van der Waals surface area contributed by atoms with Gasteiger partial charge < -0.3 is 39.8 Å². The number of methoxy groups -OCH3 is 2. The van der Waals surface area contributed by atoms with E-state index in [-0.39, 0.29) is 54.5 Å². The molecule has 5 amide bonds. The maximum atomic E-state index is 14.5. The van der Waals surface area contributed by atoms with Crippen molar-refractivity contribution in [3.63, 3.8) is 0 Å². The summed E-state index contributed by atoms with van der Waals surface area (Å²) in [4.78, 5) is 78.5. The molecule has 0 spiro atoms. The van der Waals surface area contributed by atoms with Crippen molar-refractivity contribution in [3.05, 3.63) is 60.3 Å². The summed E-state index contributed by atoms with van der Waals surface area (Å²) >= 11 is 0. The van der Waals surface area contributed by atoms with E-state index in [1.165, 1.54) is 47.8 Å². The Labute approximate surface area is 389 Å². The van der Waals surface area contributed by atoms with Crippen LogP contribution in [0.3, 0.4) is 0 Å². The van der Waals surface area contributed by atoms with E-state index >= 15 is 0 Å². The van der Waals surface area contributed by atoms with Crippen LogP contribution in [-0.4, -0.2) is 144 Å². The molecule has 2 heterocycles. The van der Waals surface area contributed by atoms with Crippen molar-refractivity contribution in [3.8, 4) is 0 Å². The second-order valence-corrected chi connectivity index (χ2v) is 19.9. The van der Waals surface area contributed by atoms with E-state index in [4.69, 9.17) is 14.2 Å². The summed E-state index contributed by atoms with van der Waals surface area (Å²) in [5.41, 5.74) is 0.694. The summed E-state index contributed by atoms with van der Waals surface area (Å²) in [5, 5.41) is 17.6. The number of ether oxygens (including phenoxy) is 3. The fraction of sp³-hybridized carbons (Fsp3) is 0.660. The van der Waals surface area contributed by atoms with E-state index in [9.17, 15) is 29.1 Å². The van der Waals surface area contributed by atoms with Gasteiger partial charge in [-0.25, -0.2) is 9.78 Å². The van der Waals surface area contributed by atoms with Crippen molar-refractivity contribution in [2.45, 2.75) is 135 Å². The first-order chi connectivity index (χ1) is 30.4. The quantitative estimate of drug-likeness (QED) is 0.0758. The molecule has 0 bridgehead atoms. The van der Waals surface area contributed by atoms with Gasteiger partial charge in [0.2, 0.25) is 23.6 Å². The molecule has 64 heavy (non-hydrogen) atoms. The van der Waals surface area contributed by atoms with E-state index in [1.54, 1.807) is 36.9 Å². The lowest BCUT2D eigenvalue weighted by Crippen LogP contribution is -2.60. The summed E-state index contributed by atoms with van der Waals surface area (Å²) in [6.45, 7) is 15.5. The molecule has 0 radical (unpaired) electrons. The molecule has 358 valence electrons. The normalized spacial score (nSPS) is 18.2. The summed E-state index contributed by atoms with van der Waals surface area (Å²) in [6, 6.07) is 11.4. The highest BCUT2D eigenvalue weighted by Gasteiger charge is 2.43. The number of hydrogen-bond acceptors (Lipinski definition) is 12. The third kappa shape index (κ3) is 15.1. The van der Waals surface area contributed by atoms with Gasteiger partial charge in [-0.3, -0.25) is 24.1 Å². The molecule has 1 saturated heterocycles. The zero-order valence-electron chi connectivity index (χ0n) is 39.9. The van der Waals surface area contributed by atoms with Gasteiger partial charge in [-0.1, -0.05) is 102 Å². The molecule has 1 aromatic carbocycles. The van der Waals surface area contributed by atoms with E-state index < -0.39 is 60.4 Å². The van der Waals surface area contributed by atoms with Gasteiger partial charge in [-0.05, 0) is 66.0 Å². The van der Waals surface area contributed by atoms with Crippen molar-refractivity contribution in [1.82, 2.24) is 30.3 Å². The Balaban J connectivity index is 1.71. The number of likely N-dealkylation sites (tertiary alicyclic amines) is 1. The lowest BCUT2D eigenvalue weighted by molar-refractivity contribution is -0.148. The zero-order chi connectivity index (χ0) is 47.7. The molecular formula is C47H74N6O9S2. The number of amides is 5. The number of aliphatic hydroxyl groups excluding tert-OH is 1. The zero-order valence-corrected chi connectivity index (χ0v) is 41.5. The minimum atomic E-state index is -0.947. The van der Waals surface area contributed by atoms with Crippen molar-refractivity contribution >= 4 is 51.3 Å². The Kier molecular flexibility index (Phi) is 22.9. The standard InChI is InChI=1S/C47H74N6O9S2/c1-13-31(6)41(36(60-11)28-38(54)53-25-19-22-35(53)43(61-12)32(7)44(56)49-33(8)42(55)34-20-15-14-16-21-34)51(9)46(58)39(29(2)3)50-45(57)40(30(4)5)52(10)47(59)62-26-27-63-64-37-23-17-18-24-48-37/h14-18,20-21,23-24,29-33,35-36,39-43,55H,13,19,22,25-28H2,1-12H3,(H,49,56)(H,50,57)/t31?,32?,33?,35?,36?,39-,40?,41?,42?,43?/m0/s1. The number of hydrogen-bond donors (Lipinski definition) is 3. The van der Waals surface area contributed by atoms with Crippen molar-refractivity contribution in [1.29, 1.82) is 0 Å². The van der Waals surface area contributed by atoms with Gasteiger partial charge >= 0.3 is 6.09 Å². The van der Waals surface area contributed by atoms with E-state index in [1.807, 2.05) is 90.1 Å². The minimum absolute atomic E-state index is 0.0295. The summed E-state index contributed by atoms with van der Waals surface area (Å²) in [5.74, 6) is -2.14. The SMILES string of the molecule is CCC(C)C(C(CC(=O)N1CCCC1C(OC)C(C)C(=O)NC(C)C(O)c1ccccc1)OC)N(C)C(=O)[C@@H](NC(=O)C(C(C)C)N(C)C(=O)OCCSSc1ccccn1)C(C)C. The van der Waals surface area contributed by atoms with E-state index in [0.717, 1.165) is 11.4 Å². The Bertz CT molecular complexity index is 1760. The van der Waals surface area contributed by atoms with Crippen LogP contribution in [0.2, 0.25) is 0 Å². The highest BCUT2D eigenvalue weighted by Crippen LogP contribution is 2.31. The van der Waals surface area contributed by atoms with Crippen LogP contribution in [0.1, 0.15) is 92.7 Å². The van der Waals surface area contributed by atoms with Gasteiger partial charge in [-0.2, -0.15) is 0 Å². The highest BCUT2D eigenvalue weighted by molar-refractivity contribution is 8.76. The molecule has 1 aliphatic rings. The predicted molar refractivity (Wildman–Crippen MR) is 252 cm³/mol. The topological polar surface area (TPSA) is 180 Å². The maximum absolute atomic E-state index is 14.5. The van der Waals surface area contributed by atoms with Gasteiger partial charge in [0.25, 0.3) is 0 Å². The van der Waals surface area contributed by atoms with E-state index in [0.29, 0.717) is 30.7 Å². The second-order valence-electron chi connectivity index (χ2n) is 17.5. The Hall–Kier alpha value is -3.90. The molecule has 10 atom stereocenters. The molecule has 1 aromatic heterocycles. The fourth-order valence-electron chi connectivity index (χ4n) is 8.45. The smallest absolute Gasteiger partial charge is 0.410 e. The number of rotatable bonds is 25. The Morgan fingerprint density at radius 2 is 1.56 bits per heavy atom. The molecule has 9 unspecified atom stereocenters. The van der Waals surface area contributed by atoms with Gasteiger partial charge in [0.15, 0.2) is 0 Å². The van der Waals surface area contributed by atoms with Crippen LogP contribution >= 0.6 is 21.6 Å². The third-order valence-electron chi connectivity index (χ3n) is 12.3. The fourth-order valence-corrected chi connectivity index (χ4v) is 10.2. The number of pyridine rings is 1. The molecule has 17 heteroatoms. The maximum Gasteiger partial charge on any atom is 0.410 e. The van der Waals surface area contributed by atoms with Crippen molar-refractivity contribution in [2.75, 3.05) is 47.2 Å². The monoisotopic (exact) mass is 930 g/mol. The Morgan fingerprint density at radius 1 is 0.891 bits per heavy atom. The second kappa shape index (κ2) is 26.9. The number of carbonyl (C=O) groups excluding carboxylic acids is 5. The molecule has 3 rings (SSSR count). The van der Waals surface area contributed by atoms with Crippen LogP contribution in [0, 0.1) is 23.7 Å². The van der Waals surface area contributed by atoms with Crippen LogP contribution in [0.15, 0.2) is 59.8 Å². The molecule has 2 aromatic rings. The number of carbonyl (C=O) groups is 5. The number of benzene rings is 1. The van der Waals surface area contributed by atoms with Crippen LogP contribution in [0.25, 0.3) is 0 Å². The summed E-state index contributed by atoms with van der Waals surface area (Å²) in [7, 11) is 9.26. The number of nitrogens with zero attached hydrogens (tertiary/aromatic N) is 4. The molecule has 0 saturated carbocycles. The Morgan fingerprint density at radius 3 is 2.14 bits per heavy atom. The lowest BCUT2D eigenvalue weighted by atomic mass is 9.89. The van der Waals surface area contributed by atoms with Crippen molar-refractivity contribution < 1.29 is 43.3 Å². The first-order valence-electron chi connectivity index (χ1n) is 22.4. The van der Waals surface area contributed by atoms with Gasteiger partial charge in [-0.15, -0.1) is 0 Å². The first-order valence-corrected chi connectivity index (χ1v) is 24.8. The number of nitrogens with one attached hydrogen (secondary N) is 2. The van der Waals surface area contributed by atoms with Crippen LogP contribution in [0.5, 0.6) is 0 Å². The molecule has 3 N–H and O–H groups in total. The third-order valence-corrected chi connectivity index (χ3v) is 14.5. The number of likely N-dealkylation sites (N-methyl/N-ethyl adjacent to an activating group) is 2. The largest absolute Gasteiger partial charge is 0.448 e. The average Bonchev–Trinajstić information content (AvgIpc) is 3.77. The van der Waals surface area contributed by atoms with Gasteiger partial charge in [0, 0.05) is 46.8 Å². The molecular weight excluding hydrogens is 857 g/mol. The molecule has 1 aliphatic heterocycles. The number of aliphatic hydroxyl groups is 1. The average molecular weight is 931 g/mol. The predicted octanol–water partition coefficient (Wildman–Crippen LogP) is 6.21. The number of aromatic nitrogens is 1. The van der Waals surface area contributed by atoms with Crippen LogP contribution in [0.4, 0.5) is 4.79 Å². The molecule has 1 fully saturated rings.